The third-order valence-electron chi connectivity index (χ3n) is 3.35. The zero-order chi connectivity index (χ0) is 14.6. The van der Waals surface area contributed by atoms with Crippen LogP contribution in [0.15, 0.2) is 29.2 Å². The van der Waals surface area contributed by atoms with Crippen molar-refractivity contribution in [1.82, 2.24) is 9.62 Å². The highest BCUT2D eigenvalue weighted by Gasteiger charge is 2.34. The second kappa shape index (κ2) is 6.56. The summed E-state index contributed by atoms with van der Waals surface area (Å²) in [5, 5.41) is 3.12. The highest BCUT2D eigenvalue weighted by atomic mass is 32.2. The van der Waals surface area contributed by atoms with Crippen molar-refractivity contribution >= 4 is 10.0 Å². The first-order valence-corrected chi connectivity index (χ1v) is 8.49. The molecular weight excluding hydrogens is 276 g/mol. The van der Waals surface area contributed by atoms with Crippen LogP contribution in [0, 0.1) is 0 Å². The second-order valence-corrected chi connectivity index (χ2v) is 6.72. The van der Waals surface area contributed by atoms with Crippen LogP contribution in [0.5, 0.6) is 5.75 Å². The molecule has 0 radical (unpaired) electrons. The van der Waals surface area contributed by atoms with Gasteiger partial charge in [-0.05, 0) is 37.6 Å². The van der Waals surface area contributed by atoms with Gasteiger partial charge in [0.1, 0.15) is 5.75 Å². The molecule has 1 fully saturated rings. The standard InChI is InChI=1S/C14H22N2O3S/c1-3-9-16(12-10-15-11-12)20(17,18)14-7-5-13(6-8-14)19-4-2/h5-8,12,15H,3-4,9-11H2,1-2H3. The molecule has 1 aromatic carbocycles. The Kier molecular flexibility index (Phi) is 5.01. The summed E-state index contributed by atoms with van der Waals surface area (Å²) in [6, 6.07) is 6.73. The normalized spacial score (nSPS) is 16.1. The lowest BCUT2D eigenvalue weighted by molar-refractivity contribution is 0.242. The van der Waals surface area contributed by atoms with Crippen LogP contribution in [-0.4, -0.2) is 45.0 Å². The van der Waals surface area contributed by atoms with Crippen LogP contribution < -0.4 is 10.1 Å². The monoisotopic (exact) mass is 298 g/mol. The van der Waals surface area contributed by atoms with Crippen LogP contribution in [0.1, 0.15) is 20.3 Å². The molecule has 5 nitrogen and oxygen atoms in total. The highest BCUT2D eigenvalue weighted by Crippen LogP contribution is 2.22. The van der Waals surface area contributed by atoms with E-state index in [0.29, 0.717) is 23.8 Å². The van der Waals surface area contributed by atoms with Crippen LogP contribution in [0.25, 0.3) is 0 Å². The van der Waals surface area contributed by atoms with Gasteiger partial charge in [-0.25, -0.2) is 8.42 Å². The Labute approximate surface area is 121 Å². The summed E-state index contributed by atoms with van der Waals surface area (Å²) < 4.78 is 32.3. The number of ether oxygens (including phenoxy) is 1. The number of sulfonamides is 1. The van der Waals surface area contributed by atoms with E-state index in [1.54, 1.807) is 28.6 Å². The molecule has 0 unspecified atom stereocenters. The number of hydrogen-bond acceptors (Lipinski definition) is 4. The minimum Gasteiger partial charge on any atom is -0.494 e. The molecule has 0 aliphatic carbocycles. The van der Waals surface area contributed by atoms with Gasteiger partial charge in [0.15, 0.2) is 0 Å². The average Bonchev–Trinajstić information content (AvgIpc) is 2.37. The number of nitrogens with zero attached hydrogens (tertiary/aromatic N) is 1. The molecule has 0 atom stereocenters. The van der Waals surface area contributed by atoms with Gasteiger partial charge < -0.3 is 10.1 Å². The van der Waals surface area contributed by atoms with E-state index in [1.807, 2.05) is 13.8 Å². The van der Waals surface area contributed by atoms with Crippen molar-refractivity contribution in [2.24, 2.45) is 0 Å². The highest BCUT2D eigenvalue weighted by molar-refractivity contribution is 7.89. The van der Waals surface area contributed by atoms with Crippen LogP contribution >= 0.6 is 0 Å². The Morgan fingerprint density at radius 1 is 1.25 bits per heavy atom. The fraction of sp³-hybridized carbons (Fsp3) is 0.571. The van der Waals surface area contributed by atoms with Crippen molar-refractivity contribution in [2.45, 2.75) is 31.2 Å². The van der Waals surface area contributed by atoms with Crippen LogP contribution in [0.2, 0.25) is 0 Å². The lowest BCUT2D eigenvalue weighted by atomic mass is 10.2. The van der Waals surface area contributed by atoms with Crippen molar-refractivity contribution < 1.29 is 13.2 Å². The number of nitrogens with one attached hydrogen (secondary N) is 1. The molecule has 0 saturated carbocycles. The minimum atomic E-state index is -3.42. The molecule has 1 heterocycles. The Bertz CT molecular complexity index is 524. The fourth-order valence-electron chi connectivity index (χ4n) is 2.21. The molecule has 20 heavy (non-hydrogen) atoms. The van der Waals surface area contributed by atoms with E-state index in [1.165, 1.54) is 0 Å². The Hall–Kier alpha value is -1.11. The average molecular weight is 298 g/mol. The maximum absolute atomic E-state index is 12.7. The molecule has 1 N–H and O–H groups in total. The van der Waals surface area contributed by atoms with Gasteiger partial charge in [0, 0.05) is 19.6 Å². The summed E-state index contributed by atoms with van der Waals surface area (Å²) in [5.74, 6) is 0.693. The zero-order valence-electron chi connectivity index (χ0n) is 12.0. The quantitative estimate of drug-likeness (QED) is 0.828. The molecule has 112 valence electrons. The lowest BCUT2D eigenvalue weighted by Crippen LogP contribution is -2.58. The maximum Gasteiger partial charge on any atom is 0.243 e. The van der Waals surface area contributed by atoms with Gasteiger partial charge >= 0.3 is 0 Å². The molecule has 1 aliphatic heterocycles. The topological polar surface area (TPSA) is 58.6 Å². The predicted molar refractivity (Wildman–Crippen MR) is 78.5 cm³/mol. The lowest BCUT2D eigenvalue weighted by Gasteiger charge is -2.37. The summed E-state index contributed by atoms with van der Waals surface area (Å²) >= 11 is 0. The summed E-state index contributed by atoms with van der Waals surface area (Å²) in [5.41, 5.74) is 0. The fourth-order valence-corrected chi connectivity index (χ4v) is 3.92. The zero-order valence-corrected chi connectivity index (χ0v) is 12.8. The SMILES string of the molecule is CCCN(C1CNC1)S(=O)(=O)c1ccc(OCC)cc1. The van der Waals surface area contributed by atoms with Crippen molar-refractivity contribution in [2.75, 3.05) is 26.2 Å². The van der Waals surface area contributed by atoms with Gasteiger partial charge in [-0.3, -0.25) is 0 Å². The third kappa shape index (κ3) is 3.13. The van der Waals surface area contributed by atoms with E-state index in [9.17, 15) is 8.42 Å². The van der Waals surface area contributed by atoms with Gasteiger partial charge in [-0.2, -0.15) is 4.31 Å². The smallest absolute Gasteiger partial charge is 0.243 e. The van der Waals surface area contributed by atoms with Gasteiger partial charge in [0.25, 0.3) is 0 Å². The van der Waals surface area contributed by atoms with Crippen molar-refractivity contribution in [3.05, 3.63) is 24.3 Å². The van der Waals surface area contributed by atoms with Crippen LogP contribution in [0.4, 0.5) is 0 Å². The van der Waals surface area contributed by atoms with E-state index in [4.69, 9.17) is 4.74 Å². The Balaban J connectivity index is 2.22. The first-order chi connectivity index (χ1) is 9.59. The summed E-state index contributed by atoms with van der Waals surface area (Å²) in [4.78, 5) is 0.335. The molecule has 0 bridgehead atoms. The van der Waals surface area contributed by atoms with Gasteiger partial charge in [0.05, 0.1) is 17.5 Å². The van der Waals surface area contributed by atoms with E-state index >= 15 is 0 Å². The van der Waals surface area contributed by atoms with Crippen molar-refractivity contribution in [3.8, 4) is 5.75 Å². The number of rotatable bonds is 7. The Morgan fingerprint density at radius 3 is 2.35 bits per heavy atom. The first kappa shape index (κ1) is 15.3. The van der Waals surface area contributed by atoms with Crippen LogP contribution in [-0.2, 0) is 10.0 Å². The van der Waals surface area contributed by atoms with E-state index in [2.05, 4.69) is 5.32 Å². The van der Waals surface area contributed by atoms with E-state index in [-0.39, 0.29) is 6.04 Å². The molecule has 0 amide bonds. The molecule has 1 aromatic rings. The van der Waals surface area contributed by atoms with E-state index < -0.39 is 10.0 Å². The molecule has 6 heteroatoms. The molecule has 1 saturated heterocycles. The first-order valence-electron chi connectivity index (χ1n) is 7.05. The van der Waals surface area contributed by atoms with Crippen LogP contribution in [0.3, 0.4) is 0 Å². The molecular formula is C14H22N2O3S. The van der Waals surface area contributed by atoms with Gasteiger partial charge in [0.2, 0.25) is 10.0 Å². The van der Waals surface area contributed by atoms with Gasteiger partial charge in [-0.1, -0.05) is 6.92 Å². The maximum atomic E-state index is 12.7. The second-order valence-electron chi connectivity index (χ2n) is 4.83. The number of hydrogen-bond donors (Lipinski definition) is 1. The Morgan fingerprint density at radius 2 is 1.90 bits per heavy atom. The number of benzene rings is 1. The summed E-state index contributed by atoms with van der Waals surface area (Å²) in [6.45, 7) is 6.49. The van der Waals surface area contributed by atoms with E-state index in [0.717, 1.165) is 19.5 Å². The molecule has 1 aliphatic rings. The molecule has 0 aromatic heterocycles. The summed E-state index contributed by atoms with van der Waals surface area (Å²) in [7, 11) is -3.42. The minimum absolute atomic E-state index is 0.0755. The third-order valence-corrected chi connectivity index (χ3v) is 5.32. The van der Waals surface area contributed by atoms with Gasteiger partial charge in [-0.15, -0.1) is 0 Å². The van der Waals surface area contributed by atoms with Crippen molar-refractivity contribution in [3.63, 3.8) is 0 Å². The van der Waals surface area contributed by atoms with Crippen molar-refractivity contribution in [1.29, 1.82) is 0 Å². The molecule has 2 rings (SSSR count). The predicted octanol–water partition coefficient (Wildman–Crippen LogP) is 1.46. The summed E-state index contributed by atoms with van der Waals surface area (Å²) in [6.07, 6.45) is 0.812. The molecule has 0 spiro atoms. The largest absolute Gasteiger partial charge is 0.494 e.